The Morgan fingerprint density at radius 3 is 2.56 bits per heavy atom. The summed E-state index contributed by atoms with van der Waals surface area (Å²) >= 11 is 1.34. The molecule has 1 amide bonds. The van der Waals surface area contributed by atoms with E-state index in [1.807, 2.05) is 14.0 Å². The van der Waals surface area contributed by atoms with Gasteiger partial charge in [0.15, 0.2) is 0 Å². The van der Waals surface area contributed by atoms with E-state index in [4.69, 9.17) is 0 Å². The molecule has 10 heteroatoms. The number of carbonyl (C=O) groups excluding carboxylic acids is 1. The Balaban J connectivity index is 1.74. The van der Waals surface area contributed by atoms with E-state index in [1.54, 1.807) is 17.8 Å². The molecule has 0 aliphatic rings. The molecule has 0 atom stereocenters. The van der Waals surface area contributed by atoms with Gasteiger partial charge in [0.25, 0.3) is 11.5 Å². The van der Waals surface area contributed by atoms with Gasteiger partial charge < -0.3 is 5.32 Å². The number of thiophene rings is 1. The predicted molar refractivity (Wildman–Crippen MR) is 104 cm³/mol. The van der Waals surface area contributed by atoms with Gasteiger partial charge in [0.2, 0.25) is 0 Å². The fraction of sp³-hybridized carbons (Fsp3) is 0.235. The van der Waals surface area contributed by atoms with Crippen LogP contribution in [0.5, 0.6) is 0 Å². The molecular weight excluding hydrogens is 368 g/mol. The zero-order valence-corrected chi connectivity index (χ0v) is 15.9. The minimum Gasteiger partial charge on any atom is -0.320 e. The summed E-state index contributed by atoms with van der Waals surface area (Å²) in [7, 11) is 4.78. The smallest absolute Gasteiger partial charge is 0.320 e. The van der Waals surface area contributed by atoms with E-state index in [0.717, 1.165) is 20.5 Å². The van der Waals surface area contributed by atoms with E-state index in [2.05, 4.69) is 15.4 Å². The third kappa shape index (κ3) is 2.56. The minimum atomic E-state index is -0.458. The number of fused-ring (bicyclic) bond motifs is 2. The second-order valence-corrected chi connectivity index (χ2v) is 7.32. The predicted octanol–water partition coefficient (Wildman–Crippen LogP) is 1.14. The number of hydrogen-bond donors (Lipinski definition) is 1. The number of anilines is 1. The van der Waals surface area contributed by atoms with E-state index in [1.165, 1.54) is 35.2 Å². The second-order valence-electron chi connectivity index (χ2n) is 6.29. The Bertz CT molecular complexity index is 1320. The highest BCUT2D eigenvalue weighted by Gasteiger charge is 2.16. The van der Waals surface area contributed by atoms with Crippen molar-refractivity contribution in [1.82, 2.24) is 23.9 Å². The highest BCUT2D eigenvalue weighted by molar-refractivity contribution is 7.20. The molecule has 0 aliphatic heterocycles. The van der Waals surface area contributed by atoms with Crippen molar-refractivity contribution in [1.29, 1.82) is 0 Å². The van der Waals surface area contributed by atoms with E-state index in [0.29, 0.717) is 10.6 Å². The molecule has 1 N–H and O–H groups in total. The normalized spacial score (nSPS) is 11.4. The zero-order valence-electron chi connectivity index (χ0n) is 15.1. The molecule has 0 spiro atoms. The molecule has 0 saturated carbocycles. The monoisotopic (exact) mass is 384 g/mol. The van der Waals surface area contributed by atoms with Gasteiger partial charge in [0, 0.05) is 26.5 Å². The summed E-state index contributed by atoms with van der Waals surface area (Å²) in [5, 5.41) is 8.28. The van der Waals surface area contributed by atoms with Crippen LogP contribution in [-0.4, -0.2) is 29.8 Å². The Morgan fingerprint density at radius 1 is 1.11 bits per heavy atom. The molecule has 0 aromatic carbocycles. The lowest BCUT2D eigenvalue weighted by molar-refractivity contribution is 0.103. The molecule has 138 valence electrons. The van der Waals surface area contributed by atoms with Gasteiger partial charge in [-0.2, -0.15) is 5.10 Å². The largest absolute Gasteiger partial charge is 0.332 e. The quantitative estimate of drug-likeness (QED) is 0.558. The molecule has 0 fully saturated rings. The van der Waals surface area contributed by atoms with Crippen LogP contribution in [0.15, 0.2) is 27.9 Å². The molecule has 0 radical (unpaired) electrons. The molecule has 4 aromatic heterocycles. The van der Waals surface area contributed by atoms with Crippen LogP contribution in [-0.2, 0) is 21.1 Å². The Hall–Kier alpha value is -3.27. The van der Waals surface area contributed by atoms with Gasteiger partial charge in [0.1, 0.15) is 10.5 Å². The number of nitrogens with one attached hydrogen (secondary N) is 1. The van der Waals surface area contributed by atoms with Gasteiger partial charge in [-0.05, 0) is 19.1 Å². The number of aromatic nitrogens is 5. The first kappa shape index (κ1) is 17.2. The Morgan fingerprint density at radius 2 is 1.85 bits per heavy atom. The summed E-state index contributed by atoms with van der Waals surface area (Å²) in [5.74, 6) is -0.293. The average Bonchev–Trinajstić information content (AvgIpc) is 3.20. The number of carbonyl (C=O) groups is 1. The lowest BCUT2D eigenvalue weighted by Gasteiger charge is -2.08. The first-order valence-electron chi connectivity index (χ1n) is 8.08. The van der Waals surface area contributed by atoms with Gasteiger partial charge in [-0.1, -0.05) is 0 Å². The first-order chi connectivity index (χ1) is 12.8. The third-order valence-electron chi connectivity index (χ3n) is 4.47. The number of pyridine rings is 1. The van der Waals surface area contributed by atoms with Gasteiger partial charge >= 0.3 is 5.69 Å². The summed E-state index contributed by atoms with van der Waals surface area (Å²) in [5.41, 5.74) is 0.603. The van der Waals surface area contributed by atoms with Crippen LogP contribution in [0.1, 0.15) is 15.4 Å². The molecular formula is C17H16N6O3S. The number of hydrogen-bond acceptors (Lipinski definition) is 6. The summed E-state index contributed by atoms with van der Waals surface area (Å²) in [6.07, 6.45) is 1.43. The van der Waals surface area contributed by atoms with Gasteiger partial charge in [0.05, 0.1) is 27.8 Å². The lowest BCUT2D eigenvalue weighted by Crippen LogP contribution is -2.37. The molecule has 4 rings (SSSR count). The van der Waals surface area contributed by atoms with Crippen LogP contribution >= 0.6 is 11.3 Å². The molecule has 0 saturated heterocycles. The number of rotatable bonds is 2. The Labute approximate surface area is 156 Å². The summed E-state index contributed by atoms with van der Waals surface area (Å²) in [6.45, 7) is 1.89. The maximum atomic E-state index is 12.6. The molecule has 4 heterocycles. The van der Waals surface area contributed by atoms with Crippen molar-refractivity contribution in [3.63, 3.8) is 0 Å². The minimum absolute atomic E-state index is 0.258. The van der Waals surface area contributed by atoms with Crippen molar-refractivity contribution < 1.29 is 4.79 Å². The van der Waals surface area contributed by atoms with Crippen molar-refractivity contribution in [2.24, 2.45) is 21.1 Å². The van der Waals surface area contributed by atoms with Gasteiger partial charge in [-0.25, -0.2) is 9.78 Å². The van der Waals surface area contributed by atoms with Crippen LogP contribution in [0.2, 0.25) is 0 Å². The average molecular weight is 384 g/mol. The highest BCUT2D eigenvalue weighted by Crippen LogP contribution is 2.28. The lowest BCUT2D eigenvalue weighted by atomic mass is 10.2. The SMILES string of the molecule is Cc1nn(C)c2sc(C(=O)Nc3cnc4c(c3)c(=O)n(C)c(=O)n4C)cc12. The zero-order chi connectivity index (χ0) is 19.5. The standard InChI is InChI=1S/C17H16N6O3S/c1-8-10-6-12(27-16(10)23(4)20-8)14(24)19-9-5-11-13(18-7-9)21(2)17(26)22(3)15(11)25/h5-7H,1-4H3,(H,19,24). The maximum Gasteiger partial charge on any atom is 0.332 e. The van der Waals surface area contributed by atoms with Crippen LogP contribution in [0, 0.1) is 6.92 Å². The summed E-state index contributed by atoms with van der Waals surface area (Å²) in [4.78, 5) is 42.6. The fourth-order valence-corrected chi connectivity index (χ4v) is 4.06. The molecule has 9 nitrogen and oxygen atoms in total. The number of amides is 1. The van der Waals surface area contributed by atoms with Crippen molar-refractivity contribution in [2.45, 2.75) is 6.92 Å². The second kappa shape index (κ2) is 5.88. The van der Waals surface area contributed by atoms with Crippen molar-refractivity contribution in [2.75, 3.05) is 5.32 Å². The number of nitrogens with zero attached hydrogens (tertiary/aromatic N) is 5. The highest BCUT2D eigenvalue weighted by atomic mass is 32.1. The van der Waals surface area contributed by atoms with Crippen molar-refractivity contribution in [3.05, 3.63) is 49.7 Å². The molecule has 27 heavy (non-hydrogen) atoms. The van der Waals surface area contributed by atoms with Crippen LogP contribution in [0.25, 0.3) is 21.3 Å². The molecule has 4 aromatic rings. The summed E-state index contributed by atoms with van der Waals surface area (Å²) in [6, 6.07) is 3.33. The summed E-state index contributed by atoms with van der Waals surface area (Å²) < 4.78 is 4.05. The Kier molecular flexibility index (Phi) is 3.74. The van der Waals surface area contributed by atoms with Gasteiger partial charge in [-0.3, -0.25) is 23.4 Å². The van der Waals surface area contributed by atoms with Crippen LogP contribution < -0.4 is 16.6 Å². The first-order valence-corrected chi connectivity index (χ1v) is 8.90. The van der Waals surface area contributed by atoms with E-state index in [9.17, 15) is 14.4 Å². The van der Waals surface area contributed by atoms with Gasteiger partial charge in [-0.15, -0.1) is 11.3 Å². The van der Waals surface area contributed by atoms with Crippen molar-refractivity contribution >= 4 is 44.2 Å². The molecule has 0 aliphatic carbocycles. The topological polar surface area (TPSA) is 104 Å². The van der Waals surface area contributed by atoms with Crippen LogP contribution in [0.4, 0.5) is 5.69 Å². The van der Waals surface area contributed by atoms with E-state index in [-0.39, 0.29) is 16.9 Å². The third-order valence-corrected chi connectivity index (χ3v) is 5.67. The van der Waals surface area contributed by atoms with Crippen molar-refractivity contribution in [3.8, 4) is 0 Å². The van der Waals surface area contributed by atoms with E-state index < -0.39 is 11.2 Å². The fourth-order valence-electron chi connectivity index (χ4n) is 3.04. The van der Waals surface area contributed by atoms with E-state index >= 15 is 0 Å². The van der Waals surface area contributed by atoms with Crippen LogP contribution in [0.3, 0.4) is 0 Å². The molecule has 0 bridgehead atoms. The molecule has 0 unspecified atom stereocenters. The maximum absolute atomic E-state index is 12.6. The number of aryl methyl sites for hydroxylation is 3.